The largest absolute Gasteiger partial charge is 0.491 e. The van der Waals surface area contributed by atoms with Crippen LogP contribution in [0.4, 0.5) is 0 Å². The Balaban J connectivity index is 1.28. The number of ether oxygens (including phenoxy) is 6. The first-order chi connectivity index (χ1) is 38.0. The molecule has 5 atom stereocenters. The first kappa shape index (κ1) is 59.8. The van der Waals surface area contributed by atoms with E-state index >= 15 is 0 Å². The van der Waals surface area contributed by atoms with Crippen molar-refractivity contribution in [3.63, 3.8) is 0 Å². The lowest BCUT2D eigenvalue weighted by molar-refractivity contribution is -0.173. The molecule has 0 heterocycles. The van der Waals surface area contributed by atoms with E-state index in [1.165, 1.54) is 24.3 Å². The Morgan fingerprint density at radius 3 is 1.81 bits per heavy atom. The van der Waals surface area contributed by atoms with Gasteiger partial charge in [0.05, 0.1) is 41.1 Å². The van der Waals surface area contributed by atoms with Crippen LogP contribution in [0.3, 0.4) is 0 Å². The van der Waals surface area contributed by atoms with E-state index in [1.807, 2.05) is 81.4 Å². The van der Waals surface area contributed by atoms with Crippen molar-refractivity contribution in [3.05, 3.63) is 210 Å². The van der Waals surface area contributed by atoms with E-state index in [2.05, 4.69) is 56.1 Å². The minimum absolute atomic E-state index is 0.0424. The summed E-state index contributed by atoms with van der Waals surface area (Å²) in [5.41, 5.74) is 5.20. The summed E-state index contributed by atoms with van der Waals surface area (Å²) in [6, 6.07) is 32.2. The number of fused-ring (bicyclic) bond motifs is 3. The molecule has 15 heteroatoms. The van der Waals surface area contributed by atoms with Crippen molar-refractivity contribution in [3.8, 4) is 16.9 Å². The van der Waals surface area contributed by atoms with E-state index in [0.29, 0.717) is 12.2 Å². The first-order valence-corrected chi connectivity index (χ1v) is 26.1. The summed E-state index contributed by atoms with van der Waals surface area (Å²) >= 11 is 0. The van der Waals surface area contributed by atoms with Gasteiger partial charge in [-0.05, 0) is 103 Å². The smallest absolute Gasteiger partial charge is 0.335 e. The highest BCUT2D eigenvalue weighted by atomic mass is 16.6. The Labute approximate surface area is 460 Å². The lowest BCUT2D eigenvalue weighted by atomic mass is 9.67. The number of rotatable bonds is 30. The number of hydrogen-bond donors (Lipinski definition) is 3. The minimum atomic E-state index is -1.13. The van der Waals surface area contributed by atoms with E-state index < -0.39 is 77.0 Å². The van der Waals surface area contributed by atoms with Gasteiger partial charge in [0.2, 0.25) is 0 Å². The van der Waals surface area contributed by atoms with Crippen molar-refractivity contribution in [2.24, 2.45) is 11.8 Å². The summed E-state index contributed by atoms with van der Waals surface area (Å²) in [6.45, 7) is 15.3. The summed E-state index contributed by atoms with van der Waals surface area (Å²) in [5, 5.41) is 29.5. The van der Waals surface area contributed by atoms with Crippen molar-refractivity contribution in [2.75, 3.05) is 26.4 Å². The van der Waals surface area contributed by atoms with Crippen molar-refractivity contribution in [1.29, 1.82) is 0 Å². The Kier molecular flexibility index (Phi) is 21.4. The molecular formula is C64H68O15. The van der Waals surface area contributed by atoms with Gasteiger partial charge in [-0.3, -0.25) is 9.59 Å². The maximum atomic E-state index is 13.4. The molecule has 6 rings (SSSR count). The van der Waals surface area contributed by atoms with Crippen LogP contribution in [0.15, 0.2) is 183 Å². The third kappa shape index (κ3) is 15.2. The van der Waals surface area contributed by atoms with Gasteiger partial charge < -0.3 is 43.7 Å². The third-order valence-electron chi connectivity index (χ3n) is 13.9. The molecule has 2 aliphatic carbocycles. The molecular weight excluding hydrogens is 1010 g/mol. The fraction of sp³-hybridized carbons (Fsp3) is 0.312. The molecule has 0 bridgehead atoms. The van der Waals surface area contributed by atoms with Gasteiger partial charge in [0.25, 0.3) is 0 Å². The zero-order valence-corrected chi connectivity index (χ0v) is 44.8. The molecule has 0 aromatic heterocycles. The number of carbonyl (C=O) groups excluding carboxylic acids is 3. The molecule has 0 radical (unpaired) electrons. The van der Waals surface area contributed by atoms with Gasteiger partial charge >= 0.3 is 35.8 Å². The molecule has 0 saturated carbocycles. The summed E-state index contributed by atoms with van der Waals surface area (Å²) in [5.74, 6) is -6.91. The molecule has 0 aliphatic heterocycles. The Hall–Kier alpha value is -8.40. The molecule has 5 unspecified atom stereocenters. The predicted octanol–water partition coefficient (Wildman–Crippen LogP) is 10.8. The SMILES string of the molecule is C=C/C=C(\CCC(C/C=C(/C=C\CC)C(=O)O)OC(COC(=O)C=C)COc1ccc(C2(c3ccc(C(C)(C)OCC(COC(=O)C=C)OC(=O)C4CC=CCC4C(=O)O)cc3)c3ccccc3-c3ccccc32)cc1)C(=O)O. The second kappa shape index (κ2) is 28.3. The highest BCUT2D eigenvalue weighted by Gasteiger charge is 2.46. The predicted molar refractivity (Wildman–Crippen MR) is 297 cm³/mol. The van der Waals surface area contributed by atoms with Crippen LogP contribution in [-0.4, -0.2) is 95.9 Å². The number of carbonyl (C=O) groups is 6. The quantitative estimate of drug-likeness (QED) is 0.0128. The number of benzene rings is 4. The highest BCUT2D eigenvalue weighted by Crippen LogP contribution is 2.56. The molecule has 2 aliphatic rings. The number of hydrogen-bond acceptors (Lipinski definition) is 12. The summed E-state index contributed by atoms with van der Waals surface area (Å²) in [4.78, 5) is 74.0. The molecule has 414 valence electrons. The van der Waals surface area contributed by atoms with Crippen molar-refractivity contribution >= 4 is 35.8 Å². The molecule has 15 nitrogen and oxygen atoms in total. The van der Waals surface area contributed by atoms with E-state index in [-0.39, 0.29) is 69.7 Å². The second-order valence-electron chi connectivity index (χ2n) is 19.5. The van der Waals surface area contributed by atoms with Crippen LogP contribution in [0.2, 0.25) is 0 Å². The first-order valence-electron chi connectivity index (χ1n) is 26.1. The van der Waals surface area contributed by atoms with Gasteiger partial charge in [0.1, 0.15) is 31.7 Å². The molecule has 4 aromatic rings. The van der Waals surface area contributed by atoms with Crippen LogP contribution < -0.4 is 4.74 Å². The Morgan fingerprint density at radius 1 is 0.696 bits per heavy atom. The number of carboxylic acids is 3. The van der Waals surface area contributed by atoms with Gasteiger partial charge in [-0.15, -0.1) is 0 Å². The second-order valence-corrected chi connectivity index (χ2v) is 19.5. The van der Waals surface area contributed by atoms with Crippen LogP contribution >= 0.6 is 0 Å². The average molecular weight is 1080 g/mol. The molecule has 4 aromatic carbocycles. The maximum absolute atomic E-state index is 13.4. The molecule has 3 N–H and O–H groups in total. The monoisotopic (exact) mass is 1080 g/mol. The Bertz CT molecular complexity index is 2930. The van der Waals surface area contributed by atoms with Crippen LogP contribution in [0.5, 0.6) is 5.75 Å². The zero-order chi connectivity index (χ0) is 57.1. The van der Waals surface area contributed by atoms with Gasteiger partial charge in [-0.1, -0.05) is 154 Å². The Morgan fingerprint density at radius 2 is 1.27 bits per heavy atom. The van der Waals surface area contributed by atoms with Crippen molar-refractivity contribution < 1.29 is 72.5 Å². The van der Waals surface area contributed by atoms with Crippen LogP contribution in [0.1, 0.15) is 87.1 Å². The maximum Gasteiger partial charge on any atom is 0.335 e. The van der Waals surface area contributed by atoms with Crippen molar-refractivity contribution in [1.82, 2.24) is 0 Å². The van der Waals surface area contributed by atoms with Crippen molar-refractivity contribution in [2.45, 2.75) is 88.6 Å². The van der Waals surface area contributed by atoms with Gasteiger partial charge in [0.15, 0.2) is 6.10 Å². The fourth-order valence-corrected chi connectivity index (χ4v) is 9.79. The van der Waals surface area contributed by atoms with E-state index in [4.69, 9.17) is 28.4 Å². The summed E-state index contributed by atoms with van der Waals surface area (Å²) in [7, 11) is 0. The van der Waals surface area contributed by atoms with Gasteiger partial charge in [-0.25, -0.2) is 19.2 Å². The molecule has 0 amide bonds. The number of carboxylic acid groups (broad SMARTS) is 3. The standard InChI is InChI=1S/C64H68O15/c1-7-11-19-43(60(69)70)27-35-48(34-26-42(18-8-2)59(67)68)78-49(39-75-57(65)9-3)38-74-47-36-32-46(33-37-47)64(55-24-16-14-20-51(55)52-21-15-17-25-56(52)64)45-30-28-44(29-31-45)63(5,6)77-41-50(40-76-58(66)10-4)79-62(73)54-23-13-12-22-53(54)61(71)72/h8-21,24-25,27-33,36-37,48-50,53-54H,2-4,7,22-23,26,34-35,38-41H2,1,5-6H3,(H,67,68)(H,69,70)(H,71,72)/b19-11-,42-18+,43-27-. The van der Waals surface area contributed by atoms with E-state index in [1.54, 1.807) is 18.2 Å². The fourth-order valence-electron chi connectivity index (χ4n) is 9.79. The lowest BCUT2D eigenvalue weighted by Gasteiger charge is -2.35. The van der Waals surface area contributed by atoms with Crippen LogP contribution in [0.25, 0.3) is 11.1 Å². The normalized spacial score (nSPS) is 16.8. The molecule has 0 spiro atoms. The van der Waals surface area contributed by atoms with Gasteiger partial charge in [0, 0.05) is 17.7 Å². The number of allylic oxidation sites excluding steroid dienone is 5. The van der Waals surface area contributed by atoms with Crippen LogP contribution in [0, 0.1) is 11.8 Å². The topological polar surface area (TPSA) is 218 Å². The number of esters is 3. The summed E-state index contributed by atoms with van der Waals surface area (Å²) < 4.78 is 35.8. The van der Waals surface area contributed by atoms with Crippen LogP contribution in [-0.2, 0) is 63.5 Å². The third-order valence-corrected chi connectivity index (χ3v) is 13.9. The number of aliphatic carboxylic acids is 3. The molecule has 0 saturated heterocycles. The molecule has 79 heavy (non-hydrogen) atoms. The lowest BCUT2D eigenvalue weighted by Crippen LogP contribution is -2.38. The van der Waals surface area contributed by atoms with E-state index in [0.717, 1.165) is 51.1 Å². The summed E-state index contributed by atoms with van der Waals surface area (Å²) in [6.07, 6.45) is 11.7. The minimum Gasteiger partial charge on any atom is -0.491 e. The highest BCUT2D eigenvalue weighted by molar-refractivity contribution is 5.90. The average Bonchev–Trinajstić information content (AvgIpc) is 3.84. The van der Waals surface area contributed by atoms with Gasteiger partial charge in [-0.2, -0.15) is 0 Å². The van der Waals surface area contributed by atoms with E-state index in [9.17, 15) is 44.1 Å². The zero-order valence-electron chi connectivity index (χ0n) is 44.8. The molecule has 0 fully saturated rings.